The van der Waals surface area contributed by atoms with Gasteiger partial charge in [-0.05, 0) is 31.5 Å². The Morgan fingerprint density at radius 2 is 2.12 bits per heavy atom. The van der Waals surface area contributed by atoms with Gasteiger partial charge in [-0.2, -0.15) is 5.26 Å². The van der Waals surface area contributed by atoms with Gasteiger partial charge in [0.15, 0.2) is 0 Å². The number of para-hydroxylation sites is 1. The molecule has 0 aliphatic carbocycles. The van der Waals surface area contributed by atoms with Gasteiger partial charge in [0.2, 0.25) is 11.1 Å². The molecule has 0 unspecified atom stereocenters. The van der Waals surface area contributed by atoms with E-state index in [2.05, 4.69) is 21.5 Å². The van der Waals surface area contributed by atoms with Crippen molar-refractivity contribution < 1.29 is 4.79 Å². The van der Waals surface area contributed by atoms with E-state index in [0.29, 0.717) is 15.7 Å². The molecule has 0 bridgehead atoms. The van der Waals surface area contributed by atoms with Crippen molar-refractivity contribution in [1.82, 2.24) is 14.8 Å². The average molecular weight is 369 g/mol. The van der Waals surface area contributed by atoms with Gasteiger partial charge in [0.1, 0.15) is 17.4 Å². The second-order valence-corrected chi connectivity index (χ2v) is 7.41. The third kappa shape index (κ3) is 3.90. The summed E-state index contributed by atoms with van der Waals surface area (Å²) in [4.78, 5) is 17.4. The number of hydrogen-bond acceptors (Lipinski definition) is 6. The Hall–Kier alpha value is -2.63. The minimum atomic E-state index is -0.182. The van der Waals surface area contributed by atoms with Gasteiger partial charge in [0.05, 0.1) is 17.0 Å². The zero-order valence-corrected chi connectivity index (χ0v) is 15.3. The van der Waals surface area contributed by atoms with Crippen LogP contribution in [0.15, 0.2) is 41.8 Å². The molecule has 0 radical (unpaired) electrons. The Morgan fingerprint density at radius 1 is 1.36 bits per heavy atom. The number of hydrogen-bond donors (Lipinski definition) is 1. The molecule has 3 aromatic rings. The van der Waals surface area contributed by atoms with Gasteiger partial charge in [-0.1, -0.05) is 30.0 Å². The molecule has 0 saturated heterocycles. The molecule has 8 heteroatoms. The minimum absolute atomic E-state index is 0.180. The van der Waals surface area contributed by atoms with Gasteiger partial charge in [-0.3, -0.25) is 4.79 Å². The lowest BCUT2D eigenvalue weighted by Crippen LogP contribution is -2.14. The number of nitriles is 1. The van der Waals surface area contributed by atoms with E-state index < -0.39 is 0 Å². The molecule has 2 heterocycles. The number of aryl methyl sites for hydroxylation is 1. The van der Waals surface area contributed by atoms with Crippen LogP contribution in [0.4, 0.5) is 5.00 Å². The molecule has 126 valence electrons. The van der Waals surface area contributed by atoms with Crippen molar-refractivity contribution >= 4 is 34.0 Å². The standard InChI is InChI=1S/C17H15N5OS2/c1-11-12(2)25-16(14(11)8-18)20-15(23)9-24-17-19-10-22(21-17)13-6-4-3-5-7-13/h3-7,10H,9H2,1-2H3,(H,20,23). The molecule has 0 atom stereocenters. The van der Waals surface area contributed by atoms with Crippen molar-refractivity contribution in [2.24, 2.45) is 0 Å². The number of rotatable bonds is 5. The number of thiophene rings is 1. The van der Waals surface area contributed by atoms with Gasteiger partial charge in [-0.25, -0.2) is 9.67 Å². The summed E-state index contributed by atoms with van der Waals surface area (Å²) in [7, 11) is 0. The highest BCUT2D eigenvalue weighted by Crippen LogP contribution is 2.31. The number of carbonyl (C=O) groups excluding carboxylic acids is 1. The van der Waals surface area contributed by atoms with Crippen LogP contribution in [0, 0.1) is 25.2 Å². The van der Waals surface area contributed by atoms with Crippen LogP contribution in [0.25, 0.3) is 5.69 Å². The van der Waals surface area contributed by atoms with Crippen molar-refractivity contribution in [3.8, 4) is 11.8 Å². The molecular weight excluding hydrogens is 354 g/mol. The minimum Gasteiger partial charge on any atom is -0.316 e. The maximum absolute atomic E-state index is 12.2. The highest BCUT2D eigenvalue weighted by atomic mass is 32.2. The van der Waals surface area contributed by atoms with Crippen LogP contribution in [0.5, 0.6) is 0 Å². The lowest BCUT2D eigenvalue weighted by molar-refractivity contribution is -0.113. The SMILES string of the molecule is Cc1sc(NC(=O)CSc2ncn(-c3ccccc3)n2)c(C#N)c1C. The van der Waals surface area contributed by atoms with Gasteiger partial charge in [-0.15, -0.1) is 16.4 Å². The fraction of sp³-hybridized carbons (Fsp3) is 0.176. The van der Waals surface area contributed by atoms with Gasteiger partial charge < -0.3 is 5.32 Å². The van der Waals surface area contributed by atoms with E-state index in [4.69, 9.17) is 0 Å². The van der Waals surface area contributed by atoms with E-state index in [1.807, 2.05) is 44.2 Å². The molecule has 3 rings (SSSR count). The predicted molar refractivity (Wildman–Crippen MR) is 99.2 cm³/mol. The third-order valence-corrected chi connectivity index (χ3v) is 5.55. The Balaban J connectivity index is 1.61. The first-order valence-electron chi connectivity index (χ1n) is 7.48. The molecule has 0 aliphatic heterocycles. The Bertz CT molecular complexity index is 940. The molecule has 0 fully saturated rings. The van der Waals surface area contributed by atoms with Crippen molar-refractivity contribution in [1.29, 1.82) is 5.26 Å². The largest absolute Gasteiger partial charge is 0.316 e. The van der Waals surface area contributed by atoms with Crippen LogP contribution in [0.3, 0.4) is 0 Å². The molecule has 6 nitrogen and oxygen atoms in total. The summed E-state index contributed by atoms with van der Waals surface area (Å²) in [6.45, 7) is 3.82. The second kappa shape index (κ2) is 7.51. The van der Waals surface area contributed by atoms with Crippen LogP contribution in [0.1, 0.15) is 16.0 Å². The molecule has 0 aliphatic rings. The van der Waals surface area contributed by atoms with Gasteiger partial charge in [0, 0.05) is 4.88 Å². The number of anilines is 1. The molecule has 1 aromatic carbocycles. The predicted octanol–water partition coefficient (Wildman–Crippen LogP) is 3.55. The van der Waals surface area contributed by atoms with Gasteiger partial charge in [0.25, 0.3) is 0 Å². The molecule has 2 aromatic heterocycles. The molecule has 0 saturated carbocycles. The normalized spacial score (nSPS) is 10.4. The van der Waals surface area contributed by atoms with Crippen molar-refractivity contribution in [2.75, 3.05) is 11.1 Å². The summed E-state index contributed by atoms with van der Waals surface area (Å²) >= 11 is 2.67. The topological polar surface area (TPSA) is 83.6 Å². The van der Waals surface area contributed by atoms with E-state index in [1.54, 1.807) is 11.0 Å². The van der Waals surface area contributed by atoms with Crippen LogP contribution in [-0.2, 0) is 4.79 Å². The molecule has 1 N–H and O–H groups in total. The number of carbonyl (C=O) groups is 1. The Kier molecular flexibility index (Phi) is 5.16. The number of nitrogens with one attached hydrogen (secondary N) is 1. The van der Waals surface area contributed by atoms with Gasteiger partial charge >= 0.3 is 0 Å². The van der Waals surface area contributed by atoms with Crippen molar-refractivity contribution in [3.05, 3.63) is 52.7 Å². The highest BCUT2D eigenvalue weighted by molar-refractivity contribution is 7.99. The van der Waals surface area contributed by atoms with E-state index in [0.717, 1.165) is 16.1 Å². The zero-order valence-electron chi connectivity index (χ0n) is 13.7. The number of benzene rings is 1. The van der Waals surface area contributed by atoms with Crippen LogP contribution < -0.4 is 5.32 Å². The lowest BCUT2D eigenvalue weighted by Gasteiger charge is -2.02. The van der Waals surface area contributed by atoms with Crippen LogP contribution >= 0.6 is 23.1 Å². The zero-order chi connectivity index (χ0) is 17.8. The maximum atomic E-state index is 12.2. The summed E-state index contributed by atoms with van der Waals surface area (Å²) in [6, 6.07) is 11.8. The monoisotopic (exact) mass is 369 g/mol. The summed E-state index contributed by atoms with van der Waals surface area (Å²) in [5, 5.41) is 17.5. The number of nitrogens with zero attached hydrogens (tertiary/aromatic N) is 4. The first-order valence-corrected chi connectivity index (χ1v) is 9.28. The van der Waals surface area contributed by atoms with E-state index >= 15 is 0 Å². The number of thioether (sulfide) groups is 1. The Morgan fingerprint density at radius 3 is 2.84 bits per heavy atom. The number of amides is 1. The van der Waals surface area contributed by atoms with E-state index in [-0.39, 0.29) is 11.7 Å². The maximum Gasteiger partial charge on any atom is 0.235 e. The first kappa shape index (κ1) is 17.2. The second-order valence-electron chi connectivity index (χ2n) is 5.24. The van der Waals surface area contributed by atoms with E-state index in [1.165, 1.54) is 23.1 Å². The Labute approximate surface area is 153 Å². The fourth-order valence-electron chi connectivity index (χ4n) is 2.16. The van der Waals surface area contributed by atoms with Crippen LogP contribution in [0.2, 0.25) is 0 Å². The third-order valence-electron chi connectivity index (χ3n) is 3.57. The molecule has 25 heavy (non-hydrogen) atoms. The summed E-state index contributed by atoms with van der Waals surface area (Å²) in [6.07, 6.45) is 1.62. The van der Waals surface area contributed by atoms with Crippen molar-refractivity contribution in [2.45, 2.75) is 19.0 Å². The van der Waals surface area contributed by atoms with Crippen molar-refractivity contribution in [3.63, 3.8) is 0 Å². The quantitative estimate of drug-likeness (QED) is 0.695. The molecule has 1 amide bonds. The number of aromatic nitrogens is 3. The summed E-state index contributed by atoms with van der Waals surface area (Å²) < 4.78 is 1.67. The highest BCUT2D eigenvalue weighted by Gasteiger charge is 2.15. The summed E-state index contributed by atoms with van der Waals surface area (Å²) in [5.41, 5.74) is 2.36. The average Bonchev–Trinajstić information content (AvgIpc) is 3.19. The lowest BCUT2D eigenvalue weighted by atomic mass is 10.2. The fourth-order valence-corrected chi connectivity index (χ4v) is 3.79. The first-order chi connectivity index (χ1) is 12.1. The molecular formula is C17H15N5OS2. The molecule has 0 spiro atoms. The van der Waals surface area contributed by atoms with Crippen LogP contribution in [-0.4, -0.2) is 26.4 Å². The summed E-state index contributed by atoms with van der Waals surface area (Å²) in [5.74, 6) is -0.00143. The smallest absolute Gasteiger partial charge is 0.235 e. The van der Waals surface area contributed by atoms with E-state index in [9.17, 15) is 10.1 Å².